The summed E-state index contributed by atoms with van der Waals surface area (Å²) in [4.78, 5) is 16.7. The molecule has 0 amide bonds. The Morgan fingerprint density at radius 1 is 1.52 bits per heavy atom. The normalized spacial score (nSPS) is 10.8. The van der Waals surface area contributed by atoms with Gasteiger partial charge in [-0.3, -0.25) is 9.89 Å². The first-order valence-corrected chi connectivity index (χ1v) is 7.90. The van der Waals surface area contributed by atoms with Crippen LogP contribution in [0.25, 0.3) is 0 Å². The predicted octanol–water partition coefficient (Wildman–Crippen LogP) is 2.95. The van der Waals surface area contributed by atoms with Crippen LogP contribution >= 0.6 is 11.8 Å². The summed E-state index contributed by atoms with van der Waals surface area (Å²) < 4.78 is 2.09. The molecule has 0 radical (unpaired) electrons. The zero-order valence-corrected chi connectivity index (χ0v) is 13.5. The van der Waals surface area contributed by atoms with Crippen LogP contribution in [-0.2, 0) is 13.0 Å². The summed E-state index contributed by atoms with van der Waals surface area (Å²) >= 11 is 1.36. The molecule has 2 aromatic rings. The van der Waals surface area contributed by atoms with Crippen molar-refractivity contribution < 1.29 is 4.79 Å². The summed E-state index contributed by atoms with van der Waals surface area (Å²) in [5, 5.41) is 7.56. The minimum absolute atomic E-state index is 0.103. The Kier molecular flexibility index (Phi) is 5.01. The third kappa shape index (κ3) is 3.44. The van der Waals surface area contributed by atoms with Gasteiger partial charge in [0.15, 0.2) is 5.78 Å². The number of rotatable bonds is 7. The van der Waals surface area contributed by atoms with Crippen molar-refractivity contribution in [3.05, 3.63) is 41.5 Å². The SMILES string of the molecule is C=CCn1c(C)cc(C(=O)CSc2n[nH]c(CC)n2)c1C. The maximum Gasteiger partial charge on any atom is 0.208 e. The van der Waals surface area contributed by atoms with Gasteiger partial charge in [-0.15, -0.1) is 11.7 Å². The molecule has 21 heavy (non-hydrogen) atoms. The third-order valence-corrected chi connectivity index (χ3v) is 4.21. The smallest absolute Gasteiger partial charge is 0.208 e. The molecule has 6 heteroatoms. The monoisotopic (exact) mass is 304 g/mol. The fraction of sp³-hybridized carbons (Fsp3) is 0.400. The number of carbonyl (C=O) groups excluding carboxylic acids is 1. The van der Waals surface area contributed by atoms with E-state index in [0.29, 0.717) is 10.9 Å². The number of aromatic amines is 1. The number of aryl methyl sites for hydroxylation is 2. The lowest BCUT2D eigenvalue weighted by Gasteiger charge is -2.05. The van der Waals surface area contributed by atoms with Crippen LogP contribution in [0.3, 0.4) is 0 Å². The summed E-state index contributed by atoms with van der Waals surface area (Å²) in [6.45, 7) is 10.5. The lowest BCUT2D eigenvalue weighted by atomic mass is 10.2. The summed E-state index contributed by atoms with van der Waals surface area (Å²) in [7, 11) is 0. The van der Waals surface area contributed by atoms with Crippen LogP contribution < -0.4 is 0 Å². The highest BCUT2D eigenvalue weighted by atomic mass is 32.2. The predicted molar refractivity (Wildman–Crippen MR) is 84.9 cm³/mol. The topological polar surface area (TPSA) is 63.6 Å². The molecule has 0 aliphatic heterocycles. The first-order chi connectivity index (χ1) is 10.1. The van der Waals surface area contributed by atoms with E-state index in [-0.39, 0.29) is 5.78 Å². The fourth-order valence-electron chi connectivity index (χ4n) is 2.20. The maximum absolute atomic E-state index is 12.4. The van der Waals surface area contributed by atoms with Gasteiger partial charge >= 0.3 is 0 Å². The van der Waals surface area contributed by atoms with Crippen molar-refractivity contribution in [2.24, 2.45) is 0 Å². The number of allylic oxidation sites excluding steroid dienone is 1. The van der Waals surface area contributed by atoms with Crippen LogP contribution in [0.5, 0.6) is 0 Å². The molecule has 2 aromatic heterocycles. The average molecular weight is 304 g/mol. The van der Waals surface area contributed by atoms with Gasteiger partial charge in [-0.05, 0) is 19.9 Å². The van der Waals surface area contributed by atoms with Gasteiger partial charge in [0.05, 0.1) is 5.75 Å². The van der Waals surface area contributed by atoms with Crippen LogP contribution in [0, 0.1) is 13.8 Å². The van der Waals surface area contributed by atoms with Gasteiger partial charge in [-0.1, -0.05) is 24.8 Å². The van der Waals surface area contributed by atoms with E-state index in [2.05, 4.69) is 26.3 Å². The van der Waals surface area contributed by atoms with Crippen molar-refractivity contribution in [2.75, 3.05) is 5.75 Å². The van der Waals surface area contributed by atoms with E-state index in [1.54, 1.807) is 0 Å². The molecule has 0 atom stereocenters. The molecule has 2 heterocycles. The second kappa shape index (κ2) is 6.76. The van der Waals surface area contributed by atoms with E-state index in [1.807, 2.05) is 32.9 Å². The summed E-state index contributed by atoms with van der Waals surface area (Å²) in [5.41, 5.74) is 2.84. The summed E-state index contributed by atoms with van der Waals surface area (Å²) in [6.07, 6.45) is 2.65. The van der Waals surface area contributed by atoms with E-state index in [0.717, 1.165) is 35.7 Å². The van der Waals surface area contributed by atoms with Crippen LogP contribution in [0.1, 0.15) is 34.5 Å². The molecule has 0 bridgehead atoms. The van der Waals surface area contributed by atoms with Crippen molar-refractivity contribution in [1.82, 2.24) is 19.7 Å². The molecule has 0 aromatic carbocycles. The number of ketones is 1. The first kappa shape index (κ1) is 15.6. The highest BCUT2D eigenvalue weighted by Crippen LogP contribution is 2.20. The van der Waals surface area contributed by atoms with Crippen LogP contribution in [0.4, 0.5) is 0 Å². The molecule has 5 nitrogen and oxygen atoms in total. The summed E-state index contributed by atoms with van der Waals surface area (Å²) in [5.74, 6) is 1.29. The van der Waals surface area contributed by atoms with Crippen molar-refractivity contribution >= 4 is 17.5 Å². The first-order valence-electron chi connectivity index (χ1n) is 6.91. The minimum Gasteiger partial charge on any atom is -0.345 e. The Balaban J connectivity index is 2.06. The molecule has 0 fully saturated rings. The highest BCUT2D eigenvalue weighted by molar-refractivity contribution is 7.99. The number of hydrogen-bond acceptors (Lipinski definition) is 4. The number of carbonyl (C=O) groups is 1. The number of hydrogen-bond donors (Lipinski definition) is 1. The van der Waals surface area contributed by atoms with E-state index in [9.17, 15) is 4.79 Å². The average Bonchev–Trinajstić information content (AvgIpc) is 3.04. The maximum atomic E-state index is 12.4. The van der Waals surface area contributed by atoms with Crippen LogP contribution in [0.15, 0.2) is 23.9 Å². The zero-order chi connectivity index (χ0) is 15.4. The Morgan fingerprint density at radius 2 is 2.29 bits per heavy atom. The number of H-pyrrole nitrogens is 1. The standard InChI is InChI=1S/C15H20N4OS/c1-5-7-19-10(3)8-12(11(19)4)13(20)9-21-15-16-14(6-2)17-18-15/h5,8H,1,6-7,9H2,2-4H3,(H,16,17,18). The third-order valence-electron chi connectivity index (χ3n) is 3.36. The Morgan fingerprint density at radius 3 is 2.90 bits per heavy atom. The minimum atomic E-state index is 0.103. The van der Waals surface area contributed by atoms with Gasteiger partial charge in [0.2, 0.25) is 5.16 Å². The van der Waals surface area contributed by atoms with Gasteiger partial charge in [0, 0.05) is 29.9 Å². The Hall–Kier alpha value is -1.82. The van der Waals surface area contributed by atoms with Gasteiger partial charge in [0.25, 0.3) is 0 Å². The van der Waals surface area contributed by atoms with Crippen molar-refractivity contribution in [2.45, 2.75) is 38.9 Å². The number of aromatic nitrogens is 4. The van der Waals surface area contributed by atoms with Crippen LogP contribution in [-0.4, -0.2) is 31.3 Å². The lowest BCUT2D eigenvalue weighted by Crippen LogP contribution is -2.06. The molecule has 0 aliphatic carbocycles. The number of Topliss-reactive ketones (excluding diaryl/α,β-unsaturated/α-hetero) is 1. The second-order valence-corrected chi connectivity index (χ2v) is 5.76. The van der Waals surface area contributed by atoms with Crippen molar-refractivity contribution in [1.29, 1.82) is 0 Å². The van der Waals surface area contributed by atoms with Gasteiger partial charge < -0.3 is 4.57 Å². The molecular formula is C15H20N4OS. The molecule has 1 N–H and O–H groups in total. The molecule has 0 unspecified atom stereocenters. The van der Waals surface area contributed by atoms with Crippen LogP contribution in [0.2, 0.25) is 0 Å². The van der Waals surface area contributed by atoms with Gasteiger partial charge in [0.1, 0.15) is 5.82 Å². The van der Waals surface area contributed by atoms with Gasteiger partial charge in [-0.2, -0.15) is 0 Å². The number of nitrogens with one attached hydrogen (secondary N) is 1. The molecule has 0 spiro atoms. The molecule has 112 valence electrons. The second-order valence-electron chi connectivity index (χ2n) is 4.81. The molecular weight excluding hydrogens is 284 g/mol. The highest BCUT2D eigenvalue weighted by Gasteiger charge is 2.16. The Labute approximate surface area is 128 Å². The quantitative estimate of drug-likeness (QED) is 0.485. The van der Waals surface area contributed by atoms with Crippen molar-refractivity contribution in [3.8, 4) is 0 Å². The summed E-state index contributed by atoms with van der Waals surface area (Å²) in [6, 6.07) is 1.94. The fourth-order valence-corrected chi connectivity index (χ4v) is 2.90. The van der Waals surface area contributed by atoms with E-state index in [1.165, 1.54) is 11.8 Å². The molecule has 0 saturated heterocycles. The van der Waals surface area contributed by atoms with Gasteiger partial charge in [-0.25, -0.2) is 4.98 Å². The lowest BCUT2D eigenvalue weighted by molar-refractivity contribution is 0.102. The number of nitrogens with zero attached hydrogens (tertiary/aromatic N) is 3. The largest absolute Gasteiger partial charge is 0.345 e. The van der Waals surface area contributed by atoms with E-state index >= 15 is 0 Å². The Bertz CT molecular complexity index is 657. The molecule has 2 rings (SSSR count). The molecule has 0 aliphatic rings. The molecule has 0 saturated carbocycles. The number of thioether (sulfide) groups is 1. The zero-order valence-electron chi connectivity index (χ0n) is 12.6. The van der Waals surface area contributed by atoms with E-state index < -0.39 is 0 Å². The van der Waals surface area contributed by atoms with Crippen molar-refractivity contribution in [3.63, 3.8) is 0 Å². The van der Waals surface area contributed by atoms with E-state index in [4.69, 9.17) is 0 Å².